The molecule has 0 radical (unpaired) electrons. The zero-order chi connectivity index (χ0) is 13.1. The van der Waals surface area contributed by atoms with E-state index < -0.39 is 0 Å². The Hall–Kier alpha value is -1.16. The van der Waals surface area contributed by atoms with Crippen molar-refractivity contribution in [2.24, 2.45) is 0 Å². The average molecular weight is 261 g/mol. The molecule has 0 unspecified atom stereocenters. The van der Waals surface area contributed by atoms with E-state index in [9.17, 15) is 4.79 Å². The highest BCUT2D eigenvalue weighted by Gasteiger charge is 2.15. The molecule has 1 aromatic rings. The molecule has 0 bridgehead atoms. The lowest BCUT2D eigenvalue weighted by atomic mass is 9.97. The summed E-state index contributed by atoms with van der Waals surface area (Å²) in [4.78, 5) is 14.5. The van der Waals surface area contributed by atoms with Gasteiger partial charge >= 0.3 is 0 Å². The molecular weight excluding hydrogens is 238 g/mol. The Bertz CT molecular complexity index is 487. The zero-order valence-corrected chi connectivity index (χ0v) is 11.6. The summed E-state index contributed by atoms with van der Waals surface area (Å²) in [7, 11) is 0. The standard InChI is InChI=1S/C15H23N3O/c19-15-11-13-7-3-4-8-14(13)16-18(15)12-17-9-5-1-2-6-10-17/h11H,1-10,12H2. The smallest absolute Gasteiger partial charge is 0.268 e. The Labute approximate surface area is 114 Å². The van der Waals surface area contributed by atoms with Gasteiger partial charge in [0.2, 0.25) is 0 Å². The fourth-order valence-electron chi connectivity index (χ4n) is 3.17. The summed E-state index contributed by atoms with van der Waals surface area (Å²) in [6.07, 6.45) is 9.62. The minimum absolute atomic E-state index is 0.0740. The molecule has 4 heteroatoms. The molecule has 2 heterocycles. The molecule has 0 saturated carbocycles. The minimum Gasteiger partial charge on any atom is -0.284 e. The number of nitrogens with zero attached hydrogens (tertiary/aromatic N) is 3. The van der Waals surface area contributed by atoms with Gasteiger partial charge in [0.15, 0.2) is 0 Å². The van der Waals surface area contributed by atoms with Crippen LogP contribution in [-0.2, 0) is 19.5 Å². The summed E-state index contributed by atoms with van der Waals surface area (Å²) in [5.74, 6) is 0. The molecule has 1 saturated heterocycles. The van der Waals surface area contributed by atoms with Gasteiger partial charge < -0.3 is 0 Å². The van der Waals surface area contributed by atoms with Crippen molar-refractivity contribution in [3.05, 3.63) is 27.7 Å². The first-order valence-corrected chi connectivity index (χ1v) is 7.65. The largest absolute Gasteiger partial charge is 0.284 e. The zero-order valence-electron chi connectivity index (χ0n) is 11.6. The molecule has 1 aliphatic heterocycles. The third-order valence-electron chi connectivity index (χ3n) is 4.31. The van der Waals surface area contributed by atoms with E-state index in [0.29, 0.717) is 6.67 Å². The second kappa shape index (κ2) is 5.87. The molecule has 0 atom stereocenters. The van der Waals surface area contributed by atoms with Gasteiger partial charge in [-0.15, -0.1) is 0 Å². The van der Waals surface area contributed by atoms with Crippen molar-refractivity contribution in [1.29, 1.82) is 0 Å². The summed E-state index contributed by atoms with van der Waals surface area (Å²) >= 11 is 0. The fraction of sp³-hybridized carbons (Fsp3) is 0.733. The molecular formula is C15H23N3O. The maximum Gasteiger partial charge on any atom is 0.268 e. The van der Waals surface area contributed by atoms with Gasteiger partial charge in [-0.3, -0.25) is 9.69 Å². The molecule has 0 N–H and O–H groups in total. The molecule has 19 heavy (non-hydrogen) atoms. The number of hydrogen-bond acceptors (Lipinski definition) is 3. The summed E-state index contributed by atoms with van der Waals surface area (Å²) < 4.78 is 1.68. The third-order valence-corrected chi connectivity index (χ3v) is 4.31. The lowest BCUT2D eigenvalue weighted by Gasteiger charge is -2.22. The topological polar surface area (TPSA) is 38.1 Å². The van der Waals surface area contributed by atoms with Crippen LogP contribution < -0.4 is 5.56 Å². The molecule has 104 valence electrons. The Morgan fingerprint density at radius 2 is 1.74 bits per heavy atom. The first kappa shape index (κ1) is 12.9. The van der Waals surface area contributed by atoms with Gasteiger partial charge in [0.05, 0.1) is 12.4 Å². The molecule has 1 aromatic heterocycles. The molecule has 2 aliphatic rings. The van der Waals surface area contributed by atoms with E-state index in [1.54, 1.807) is 4.68 Å². The van der Waals surface area contributed by atoms with Crippen LogP contribution >= 0.6 is 0 Å². The van der Waals surface area contributed by atoms with Crippen LogP contribution in [0.15, 0.2) is 10.9 Å². The number of likely N-dealkylation sites (tertiary alicyclic amines) is 1. The van der Waals surface area contributed by atoms with Gasteiger partial charge in [0.1, 0.15) is 0 Å². The van der Waals surface area contributed by atoms with Gasteiger partial charge in [-0.1, -0.05) is 12.8 Å². The summed E-state index contributed by atoms with van der Waals surface area (Å²) in [6.45, 7) is 2.88. The Morgan fingerprint density at radius 1 is 1.00 bits per heavy atom. The summed E-state index contributed by atoms with van der Waals surface area (Å²) in [5, 5.41) is 4.60. The predicted octanol–water partition coefficient (Wildman–Crippen LogP) is 1.96. The number of rotatable bonds is 2. The van der Waals surface area contributed by atoms with Crippen LogP contribution in [0.5, 0.6) is 0 Å². The first-order chi connectivity index (χ1) is 9.33. The highest BCUT2D eigenvalue weighted by atomic mass is 16.1. The lowest BCUT2D eigenvalue weighted by molar-refractivity contribution is 0.208. The van der Waals surface area contributed by atoms with Gasteiger partial charge in [0, 0.05) is 6.07 Å². The number of aryl methyl sites for hydroxylation is 2. The van der Waals surface area contributed by atoms with E-state index in [1.807, 2.05) is 6.07 Å². The highest BCUT2D eigenvalue weighted by Crippen LogP contribution is 2.17. The van der Waals surface area contributed by atoms with Crippen LogP contribution in [0.25, 0.3) is 0 Å². The molecule has 0 spiro atoms. The molecule has 1 aliphatic carbocycles. The van der Waals surface area contributed by atoms with Gasteiger partial charge in [0.25, 0.3) is 5.56 Å². The van der Waals surface area contributed by atoms with Crippen LogP contribution in [0.2, 0.25) is 0 Å². The predicted molar refractivity (Wildman–Crippen MR) is 75.2 cm³/mol. The van der Waals surface area contributed by atoms with Crippen molar-refractivity contribution < 1.29 is 0 Å². The first-order valence-electron chi connectivity index (χ1n) is 7.65. The van der Waals surface area contributed by atoms with Gasteiger partial charge in [-0.25, -0.2) is 4.68 Å². The van der Waals surface area contributed by atoms with E-state index >= 15 is 0 Å². The second-order valence-electron chi connectivity index (χ2n) is 5.83. The normalized spacial score (nSPS) is 20.8. The van der Waals surface area contributed by atoms with Crippen LogP contribution in [0.1, 0.15) is 49.8 Å². The summed E-state index contributed by atoms with van der Waals surface area (Å²) in [5.41, 5.74) is 2.41. The molecule has 0 aromatic carbocycles. The van der Waals surface area contributed by atoms with Crippen molar-refractivity contribution in [1.82, 2.24) is 14.7 Å². The minimum atomic E-state index is 0.0740. The number of aromatic nitrogens is 2. The van der Waals surface area contributed by atoms with E-state index in [-0.39, 0.29) is 5.56 Å². The van der Waals surface area contributed by atoms with Crippen LogP contribution in [0.3, 0.4) is 0 Å². The second-order valence-corrected chi connectivity index (χ2v) is 5.83. The Balaban J connectivity index is 1.78. The van der Waals surface area contributed by atoms with Crippen molar-refractivity contribution in [2.45, 2.75) is 58.0 Å². The molecule has 3 rings (SSSR count). The molecule has 0 amide bonds. The molecule has 1 fully saturated rings. The van der Waals surface area contributed by atoms with E-state index in [4.69, 9.17) is 0 Å². The molecule has 4 nitrogen and oxygen atoms in total. The van der Waals surface area contributed by atoms with Crippen molar-refractivity contribution in [2.75, 3.05) is 13.1 Å². The average Bonchev–Trinajstić information content (AvgIpc) is 2.68. The van der Waals surface area contributed by atoms with Crippen LogP contribution in [-0.4, -0.2) is 27.8 Å². The van der Waals surface area contributed by atoms with Gasteiger partial charge in [-0.05, 0) is 57.2 Å². The van der Waals surface area contributed by atoms with E-state index in [2.05, 4.69) is 10.00 Å². The van der Waals surface area contributed by atoms with Crippen molar-refractivity contribution in [3.8, 4) is 0 Å². The Morgan fingerprint density at radius 3 is 2.53 bits per heavy atom. The highest BCUT2D eigenvalue weighted by molar-refractivity contribution is 5.20. The number of fused-ring (bicyclic) bond motifs is 1. The quantitative estimate of drug-likeness (QED) is 0.817. The van der Waals surface area contributed by atoms with E-state index in [0.717, 1.165) is 31.6 Å². The van der Waals surface area contributed by atoms with Crippen molar-refractivity contribution >= 4 is 0 Å². The van der Waals surface area contributed by atoms with Crippen LogP contribution in [0, 0.1) is 0 Å². The maximum atomic E-state index is 12.1. The van der Waals surface area contributed by atoms with Crippen LogP contribution in [0.4, 0.5) is 0 Å². The third kappa shape index (κ3) is 3.06. The van der Waals surface area contributed by atoms with Crippen molar-refractivity contribution in [3.63, 3.8) is 0 Å². The monoisotopic (exact) mass is 261 g/mol. The fourth-order valence-corrected chi connectivity index (χ4v) is 3.17. The Kier molecular flexibility index (Phi) is 3.97. The maximum absolute atomic E-state index is 12.1. The lowest BCUT2D eigenvalue weighted by Crippen LogP contribution is -2.35. The number of hydrogen-bond donors (Lipinski definition) is 0. The SMILES string of the molecule is O=c1cc2c(nn1CN1CCCCCC1)CCCC2. The summed E-state index contributed by atoms with van der Waals surface area (Å²) in [6, 6.07) is 1.82. The van der Waals surface area contributed by atoms with Gasteiger partial charge in [-0.2, -0.15) is 5.10 Å². The van der Waals surface area contributed by atoms with E-state index in [1.165, 1.54) is 44.1 Å².